The maximum Gasteiger partial charge on any atom is 0.482 e. The second-order valence-corrected chi connectivity index (χ2v) is 5.91. The van der Waals surface area contributed by atoms with Crippen molar-refractivity contribution in [2.75, 3.05) is 26.2 Å². The summed E-state index contributed by atoms with van der Waals surface area (Å²) in [5.74, 6) is -1.58. The highest BCUT2D eigenvalue weighted by Crippen LogP contribution is 2.41. The van der Waals surface area contributed by atoms with Crippen LogP contribution in [-0.4, -0.2) is 39.3 Å². The molecule has 1 aliphatic heterocycles. The lowest BCUT2D eigenvalue weighted by molar-refractivity contribution is -0.193. The van der Waals surface area contributed by atoms with Crippen LogP contribution in [0.2, 0.25) is 0 Å². The number of amides is 1. The molecule has 0 atom stereocenters. The van der Waals surface area contributed by atoms with E-state index in [0.29, 0.717) is 17.1 Å². The molecule has 0 fully saturated rings. The first-order valence-electron chi connectivity index (χ1n) is 8.12. The first-order valence-corrected chi connectivity index (χ1v) is 8.12. The second-order valence-electron chi connectivity index (χ2n) is 5.91. The zero-order valence-corrected chi connectivity index (χ0v) is 15.3. The molecule has 1 amide bonds. The van der Waals surface area contributed by atoms with Crippen LogP contribution in [0.15, 0.2) is 36.4 Å². The number of ether oxygens (including phenoxy) is 4. The van der Waals surface area contributed by atoms with Crippen LogP contribution in [0.3, 0.4) is 0 Å². The third kappa shape index (κ3) is 3.55. The average molecular weight is 393 g/mol. The van der Waals surface area contributed by atoms with E-state index in [2.05, 4.69) is 9.47 Å². The second kappa shape index (κ2) is 7.34. The van der Waals surface area contributed by atoms with Gasteiger partial charge in [-0.2, -0.15) is 8.78 Å². The molecular formula is C19H17F2NO6. The van der Waals surface area contributed by atoms with Crippen molar-refractivity contribution < 1.29 is 37.3 Å². The topological polar surface area (TPSA) is 74.3 Å². The molecule has 1 heterocycles. The summed E-state index contributed by atoms with van der Waals surface area (Å²) in [5.41, 5.74) is 0.605. The summed E-state index contributed by atoms with van der Waals surface area (Å²) < 4.78 is 47.7. The lowest BCUT2D eigenvalue weighted by atomic mass is 10.1. The van der Waals surface area contributed by atoms with Crippen molar-refractivity contribution in [2.45, 2.75) is 12.7 Å². The van der Waals surface area contributed by atoms with E-state index in [1.54, 1.807) is 18.2 Å². The van der Waals surface area contributed by atoms with Crippen LogP contribution in [0, 0.1) is 0 Å². The highest BCUT2D eigenvalue weighted by Gasteiger charge is 2.50. The Kier molecular flexibility index (Phi) is 5.08. The fourth-order valence-electron chi connectivity index (χ4n) is 2.80. The fraction of sp³-hybridized carbons (Fsp3) is 0.263. The zero-order valence-electron chi connectivity index (χ0n) is 15.3. The first kappa shape index (κ1) is 19.4. The summed E-state index contributed by atoms with van der Waals surface area (Å²) >= 11 is 0. The molecule has 0 radical (unpaired) electrons. The summed E-state index contributed by atoms with van der Waals surface area (Å²) in [7, 11) is 4.09. The molecule has 2 aromatic carbocycles. The number of carbonyl (C=O) groups is 2. The number of alkyl halides is 2. The van der Waals surface area contributed by atoms with Crippen molar-refractivity contribution in [2.24, 2.45) is 0 Å². The SMILES string of the molecule is COC(=O)c1ccc2c(c1)N(Cc1cc(OC)cc(OC)c1)C(=O)C(F)(F)O2. The number of esters is 1. The van der Waals surface area contributed by atoms with E-state index in [4.69, 9.17) is 9.47 Å². The normalized spacial score (nSPS) is 14.8. The molecule has 0 aromatic heterocycles. The maximum absolute atomic E-state index is 14.1. The third-order valence-corrected chi connectivity index (χ3v) is 4.16. The summed E-state index contributed by atoms with van der Waals surface area (Å²) in [6.07, 6.45) is -4.04. The van der Waals surface area contributed by atoms with E-state index in [1.165, 1.54) is 39.5 Å². The van der Waals surface area contributed by atoms with Crippen LogP contribution in [0.4, 0.5) is 14.5 Å². The van der Waals surface area contributed by atoms with E-state index in [-0.39, 0.29) is 23.5 Å². The van der Waals surface area contributed by atoms with Crippen molar-refractivity contribution in [3.05, 3.63) is 47.5 Å². The molecule has 148 valence electrons. The molecule has 9 heteroatoms. The molecule has 0 spiro atoms. The highest BCUT2D eigenvalue weighted by molar-refractivity contribution is 6.02. The third-order valence-electron chi connectivity index (χ3n) is 4.16. The predicted octanol–water partition coefficient (Wildman–Crippen LogP) is 3.01. The van der Waals surface area contributed by atoms with Crippen molar-refractivity contribution in [3.8, 4) is 17.2 Å². The Hall–Kier alpha value is -3.36. The van der Waals surface area contributed by atoms with Gasteiger partial charge in [-0.1, -0.05) is 0 Å². The van der Waals surface area contributed by atoms with E-state index in [0.717, 1.165) is 4.90 Å². The quantitative estimate of drug-likeness (QED) is 0.727. The summed E-state index contributed by atoms with van der Waals surface area (Å²) in [5, 5.41) is 0. The van der Waals surface area contributed by atoms with Gasteiger partial charge < -0.3 is 18.9 Å². The van der Waals surface area contributed by atoms with Gasteiger partial charge in [-0.15, -0.1) is 0 Å². The number of methoxy groups -OCH3 is 3. The standard InChI is InChI=1S/C19H17F2NO6/c1-25-13-6-11(7-14(9-13)26-2)10-22-15-8-12(17(23)27-3)4-5-16(15)28-19(20,21)18(22)24/h4-9H,10H2,1-3H3. The molecular weight excluding hydrogens is 376 g/mol. The lowest BCUT2D eigenvalue weighted by Crippen LogP contribution is -2.50. The Bertz CT molecular complexity index is 908. The Morgan fingerprint density at radius 3 is 2.29 bits per heavy atom. The number of anilines is 1. The summed E-state index contributed by atoms with van der Waals surface area (Å²) in [6, 6.07) is 8.54. The largest absolute Gasteiger partial charge is 0.497 e. The number of hydrogen-bond donors (Lipinski definition) is 0. The van der Waals surface area contributed by atoms with E-state index in [1.807, 2.05) is 0 Å². The number of nitrogens with zero attached hydrogens (tertiary/aromatic N) is 1. The van der Waals surface area contributed by atoms with Gasteiger partial charge >= 0.3 is 18.0 Å². The van der Waals surface area contributed by atoms with Gasteiger partial charge in [0.25, 0.3) is 0 Å². The van der Waals surface area contributed by atoms with Crippen molar-refractivity contribution in [1.82, 2.24) is 0 Å². The number of hydrogen-bond acceptors (Lipinski definition) is 6. The van der Waals surface area contributed by atoms with Crippen LogP contribution >= 0.6 is 0 Å². The minimum absolute atomic E-state index is 0.0283. The molecule has 7 nitrogen and oxygen atoms in total. The predicted molar refractivity (Wildman–Crippen MR) is 94.1 cm³/mol. The van der Waals surface area contributed by atoms with Crippen LogP contribution in [0.5, 0.6) is 17.2 Å². The van der Waals surface area contributed by atoms with Gasteiger partial charge in [0.15, 0.2) is 5.75 Å². The maximum atomic E-state index is 14.1. The Morgan fingerprint density at radius 2 is 1.71 bits per heavy atom. The number of halogens is 2. The Balaban J connectivity index is 2.07. The van der Waals surface area contributed by atoms with Crippen LogP contribution < -0.4 is 19.1 Å². The molecule has 0 unspecified atom stereocenters. The Labute approximate surface area is 159 Å². The smallest absolute Gasteiger partial charge is 0.482 e. The van der Waals surface area contributed by atoms with Gasteiger partial charge in [-0.05, 0) is 35.9 Å². The molecule has 3 rings (SSSR count). The number of rotatable bonds is 5. The van der Waals surface area contributed by atoms with Crippen LogP contribution in [0.1, 0.15) is 15.9 Å². The number of carbonyl (C=O) groups excluding carboxylic acids is 2. The highest BCUT2D eigenvalue weighted by atomic mass is 19.3. The molecule has 0 bridgehead atoms. The molecule has 28 heavy (non-hydrogen) atoms. The molecule has 0 saturated carbocycles. The van der Waals surface area contributed by atoms with Crippen molar-refractivity contribution in [1.29, 1.82) is 0 Å². The molecule has 0 saturated heterocycles. The summed E-state index contributed by atoms with van der Waals surface area (Å²) in [4.78, 5) is 25.0. The Morgan fingerprint density at radius 1 is 1.07 bits per heavy atom. The van der Waals surface area contributed by atoms with Gasteiger partial charge in [-0.3, -0.25) is 9.69 Å². The minimum atomic E-state index is -4.04. The van der Waals surface area contributed by atoms with Gasteiger partial charge in [0, 0.05) is 6.07 Å². The van der Waals surface area contributed by atoms with Gasteiger partial charge in [0.2, 0.25) is 0 Å². The van der Waals surface area contributed by atoms with E-state index < -0.39 is 18.0 Å². The number of benzene rings is 2. The van der Waals surface area contributed by atoms with Gasteiger partial charge in [0.05, 0.1) is 39.1 Å². The van der Waals surface area contributed by atoms with Gasteiger partial charge in [0.1, 0.15) is 11.5 Å². The van der Waals surface area contributed by atoms with Crippen LogP contribution in [0.25, 0.3) is 0 Å². The molecule has 0 aliphatic carbocycles. The molecule has 1 aliphatic rings. The van der Waals surface area contributed by atoms with Crippen molar-refractivity contribution in [3.63, 3.8) is 0 Å². The fourth-order valence-corrected chi connectivity index (χ4v) is 2.80. The van der Waals surface area contributed by atoms with Gasteiger partial charge in [-0.25, -0.2) is 4.79 Å². The molecule has 2 aromatic rings. The average Bonchev–Trinajstić information content (AvgIpc) is 2.69. The van der Waals surface area contributed by atoms with Crippen molar-refractivity contribution >= 4 is 17.6 Å². The zero-order chi connectivity index (χ0) is 20.5. The monoisotopic (exact) mass is 393 g/mol. The van der Waals surface area contributed by atoms with E-state index >= 15 is 0 Å². The minimum Gasteiger partial charge on any atom is -0.497 e. The number of fused-ring (bicyclic) bond motifs is 1. The first-order chi connectivity index (χ1) is 13.3. The summed E-state index contributed by atoms with van der Waals surface area (Å²) in [6.45, 7) is -0.219. The van der Waals surface area contributed by atoms with E-state index in [9.17, 15) is 18.4 Å². The van der Waals surface area contributed by atoms with Crippen LogP contribution in [-0.2, 0) is 16.1 Å². The lowest BCUT2D eigenvalue weighted by Gasteiger charge is -2.33. The molecule has 0 N–H and O–H groups in total.